The van der Waals surface area contributed by atoms with E-state index in [2.05, 4.69) is 53.5 Å². The zero-order chi connectivity index (χ0) is 27.5. The lowest BCUT2D eigenvalue weighted by Crippen LogP contribution is -2.43. The summed E-state index contributed by atoms with van der Waals surface area (Å²) in [5.41, 5.74) is 4.66. The number of nitrogens with one attached hydrogen (secondary N) is 1. The van der Waals surface area contributed by atoms with Crippen LogP contribution in [0.4, 0.5) is 0 Å². The zero-order valence-corrected chi connectivity index (χ0v) is 22.7. The molecule has 206 valence electrons. The molecule has 1 N–H and O–H groups in total. The van der Waals surface area contributed by atoms with Gasteiger partial charge < -0.3 is 23.8 Å². The van der Waals surface area contributed by atoms with E-state index in [0.29, 0.717) is 17.3 Å². The van der Waals surface area contributed by atoms with Gasteiger partial charge in [-0.05, 0) is 79.3 Å². The van der Waals surface area contributed by atoms with Gasteiger partial charge in [0.15, 0.2) is 5.76 Å². The molecule has 1 fully saturated rings. The van der Waals surface area contributed by atoms with Crippen molar-refractivity contribution in [2.75, 3.05) is 6.54 Å². The molecule has 0 radical (unpaired) electrons. The molecule has 0 saturated heterocycles. The van der Waals surface area contributed by atoms with E-state index in [1.165, 1.54) is 11.1 Å². The number of ether oxygens (including phenoxy) is 1. The Hall–Kier alpha value is -4.26. The Balaban J connectivity index is 1.19. The number of rotatable bonds is 8. The predicted octanol–water partition coefficient (Wildman–Crippen LogP) is 6.35. The first kappa shape index (κ1) is 26.0. The molecule has 40 heavy (non-hydrogen) atoms. The highest BCUT2D eigenvalue weighted by Crippen LogP contribution is 2.40. The predicted molar refractivity (Wildman–Crippen MR) is 150 cm³/mol. The van der Waals surface area contributed by atoms with Crippen LogP contribution in [-0.4, -0.2) is 23.3 Å². The van der Waals surface area contributed by atoms with Crippen molar-refractivity contribution in [2.24, 2.45) is 5.92 Å². The summed E-state index contributed by atoms with van der Waals surface area (Å²) in [6.07, 6.45) is 6.63. The molecule has 1 saturated carbocycles. The lowest BCUT2D eigenvalue weighted by molar-refractivity contribution is -0.137. The van der Waals surface area contributed by atoms with Gasteiger partial charge in [-0.25, -0.2) is 0 Å². The number of fused-ring (bicyclic) bond motifs is 1. The average Bonchev–Trinajstić information content (AvgIpc) is 3.78. The lowest BCUT2D eigenvalue weighted by atomic mass is 9.86. The van der Waals surface area contributed by atoms with E-state index in [1.807, 2.05) is 6.07 Å². The van der Waals surface area contributed by atoms with Crippen LogP contribution in [0.25, 0.3) is 0 Å². The summed E-state index contributed by atoms with van der Waals surface area (Å²) in [5.74, 6) is 2.22. The van der Waals surface area contributed by atoms with Crippen molar-refractivity contribution in [1.29, 1.82) is 0 Å². The maximum Gasteiger partial charge on any atom is 0.287 e. The Labute approximate surface area is 234 Å². The molecule has 4 aromatic rings. The van der Waals surface area contributed by atoms with Crippen molar-refractivity contribution in [3.8, 4) is 5.75 Å². The average molecular weight is 539 g/mol. The maximum atomic E-state index is 13.7. The summed E-state index contributed by atoms with van der Waals surface area (Å²) < 4.78 is 17.1. The number of carbonyl (C=O) groups excluding carboxylic acids is 2. The van der Waals surface area contributed by atoms with Crippen molar-refractivity contribution in [2.45, 2.75) is 58.2 Å². The second-order valence-electron chi connectivity index (χ2n) is 10.8. The topological polar surface area (TPSA) is 84.9 Å². The number of aryl methyl sites for hydroxylation is 1. The van der Waals surface area contributed by atoms with Crippen LogP contribution < -0.4 is 10.1 Å². The van der Waals surface area contributed by atoms with Gasteiger partial charge >= 0.3 is 0 Å². The van der Waals surface area contributed by atoms with E-state index < -0.39 is 0 Å². The third-order valence-electron chi connectivity index (χ3n) is 8.00. The van der Waals surface area contributed by atoms with Crippen LogP contribution in [0.3, 0.4) is 0 Å². The van der Waals surface area contributed by atoms with E-state index >= 15 is 0 Å². The van der Waals surface area contributed by atoms with Gasteiger partial charge in [0.2, 0.25) is 5.91 Å². The van der Waals surface area contributed by atoms with E-state index in [1.54, 1.807) is 30.5 Å². The van der Waals surface area contributed by atoms with Crippen molar-refractivity contribution in [3.63, 3.8) is 0 Å². The quantitative estimate of drug-likeness (QED) is 0.282. The minimum Gasteiger partial charge on any atom is -0.486 e. The van der Waals surface area contributed by atoms with Gasteiger partial charge in [0.05, 0.1) is 18.8 Å². The van der Waals surface area contributed by atoms with E-state index in [4.69, 9.17) is 13.6 Å². The molecular weight excluding hydrogens is 504 g/mol. The first-order valence-electron chi connectivity index (χ1n) is 14.1. The highest BCUT2D eigenvalue weighted by molar-refractivity contribution is 5.91. The summed E-state index contributed by atoms with van der Waals surface area (Å²) in [6.45, 7) is 3.27. The molecule has 3 heterocycles. The molecule has 0 bridgehead atoms. The normalized spacial score (nSPS) is 17.0. The third kappa shape index (κ3) is 5.55. The molecular formula is C33H34N2O5. The van der Waals surface area contributed by atoms with Gasteiger partial charge in [0, 0.05) is 12.5 Å². The van der Waals surface area contributed by atoms with E-state index in [-0.39, 0.29) is 42.7 Å². The van der Waals surface area contributed by atoms with Gasteiger partial charge in [0.25, 0.3) is 5.91 Å². The molecule has 2 amide bonds. The van der Waals surface area contributed by atoms with Crippen molar-refractivity contribution in [1.82, 2.24) is 10.2 Å². The largest absolute Gasteiger partial charge is 0.486 e. The van der Waals surface area contributed by atoms with Gasteiger partial charge in [-0.2, -0.15) is 0 Å². The molecule has 7 nitrogen and oxygen atoms in total. The molecule has 1 atom stereocenters. The molecule has 1 unspecified atom stereocenters. The number of hydrogen-bond acceptors (Lipinski definition) is 5. The minimum absolute atomic E-state index is 0.123. The van der Waals surface area contributed by atoms with Crippen LogP contribution in [0.15, 0.2) is 81.8 Å². The van der Waals surface area contributed by atoms with Gasteiger partial charge in [-0.15, -0.1) is 0 Å². The number of amides is 2. The minimum atomic E-state index is -0.315. The lowest BCUT2D eigenvalue weighted by Gasteiger charge is -2.39. The molecule has 2 aliphatic rings. The van der Waals surface area contributed by atoms with Crippen LogP contribution >= 0.6 is 0 Å². The fourth-order valence-electron chi connectivity index (χ4n) is 5.84. The van der Waals surface area contributed by atoms with Crippen molar-refractivity contribution in [3.05, 3.63) is 113 Å². The summed E-state index contributed by atoms with van der Waals surface area (Å²) in [4.78, 5) is 28.2. The zero-order valence-electron chi connectivity index (χ0n) is 22.7. The van der Waals surface area contributed by atoms with Crippen molar-refractivity contribution < 1.29 is 23.2 Å². The third-order valence-corrected chi connectivity index (χ3v) is 8.00. The van der Waals surface area contributed by atoms with Crippen LogP contribution in [0, 0.1) is 12.8 Å². The Morgan fingerprint density at radius 1 is 1.00 bits per heavy atom. The molecule has 6 rings (SSSR count). The number of nitrogens with zero attached hydrogens (tertiary/aromatic N) is 1. The maximum absolute atomic E-state index is 13.7. The Morgan fingerprint density at radius 2 is 1.82 bits per heavy atom. The summed E-state index contributed by atoms with van der Waals surface area (Å²) in [6, 6.07) is 21.5. The fraction of sp³-hybridized carbons (Fsp3) is 0.333. The van der Waals surface area contributed by atoms with Gasteiger partial charge in [-0.3, -0.25) is 9.59 Å². The molecule has 7 heteroatoms. The molecule has 1 aliphatic heterocycles. The SMILES string of the molecule is Cc1ccc(C2c3cc(OCc4ccc(C(=O)NCc5ccco5)o4)ccc3CCN2C(=O)C2CCCC2)cc1. The fourth-order valence-corrected chi connectivity index (χ4v) is 5.84. The highest BCUT2D eigenvalue weighted by Gasteiger charge is 2.36. The smallest absolute Gasteiger partial charge is 0.287 e. The standard InChI is InChI=1S/C33H34N2O5/c1-22-8-10-24(11-9-22)31-29-19-26(13-12-23(29)16-17-35(31)33(37)25-5-2-3-6-25)39-21-28-14-15-30(40-28)32(36)34-20-27-7-4-18-38-27/h4,7-15,18-19,25,31H,2-3,5-6,16-17,20-21H2,1H3,(H,34,36). The number of benzene rings is 2. The number of furan rings is 2. The highest BCUT2D eigenvalue weighted by atomic mass is 16.5. The monoisotopic (exact) mass is 538 g/mol. The first-order valence-corrected chi connectivity index (χ1v) is 14.1. The van der Waals surface area contributed by atoms with Gasteiger partial charge in [-0.1, -0.05) is 48.7 Å². The van der Waals surface area contributed by atoms with Crippen molar-refractivity contribution >= 4 is 11.8 Å². The van der Waals surface area contributed by atoms with Crippen LogP contribution in [-0.2, 0) is 24.4 Å². The summed E-state index contributed by atoms with van der Waals surface area (Å²) in [5, 5.41) is 2.78. The second-order valence-corrected chi connectivity index (χ2v) is 10.8. The first-order chi connectivity index (χ1) is 19.5. The Bertz CT molecular complexity index is 1470. The van der Waals surface area contributed by atoms with E-state index in [9.17, 15) is 9.59 Å². The number of carbonyl (C=O) groups is 2. The van der Waals surface area contributed by atoms with E-state index in [0.717, 1.165) is 49.8 Å². The Morgan fingerprint density at radius 3 is 2.60 bits per heavy atom. The van der Waals surface area contributed by atoms with Crippen LogP contribution in [0.1, 0.15) is 76.1 Å². The number of hydrogen-bond donors (Lipinski definition) is 1. The summed E-state index contributed by atoms with van der Waals surface area (Å²) in [7, 11) is 0. The Kier molecular flexibility index (Phi) is 7.45. The molecule has 2 aromatic heterocycles. The van der Waals surface area contributed by atoms with Gasteiger partial charge in [0.1, 0.15) is 23.9 Å². The molecule has 2 aromatic carbocycles. The molecule has 0 spiro atoms. The van der Waals surface area contributed by atoms with Crippen LogP contribution in [0.2, 0.25) is 0 Å². The summed E-state index contributed by atoms with van der Waals surface area (Å²) >= 11 is 0. The molecule has 1 aliphatic carbocycles. The van der Waals surface area contributed by atoms with Crippen LogP contribution in [0.5, 0.6) is 5.75 Å². The second kappa shape index (κ2) is 11.5.